The van der Waals surface area contributed by atoms with Crippen molar-refractivity contribution in [3.05, 3.63) is 142 Å². The molecule has 0 saturated heterocycles. The first kappa shape index (κ1) is 35.5. The normalized spacial score (nSPS) is 14.1. The fourth-order valence-electron chi connectivity index (χ4n) is 6.01. The molecule has 0 spiro atoms. The second-order valence-electron chi connectivity index (χ2n) is 14.4. The number of halogens is 3. The molecule has 260 valence electrons. The maximum absolute atomic E-state index is 14.1. The van der Waals surface area contributed by atoms with Crippen molar-refractivity contribution in [2.45, 2.75) is 71.5 Å². The van der Waals surface area contributed by atoms with Crippen LogP contribution in [0.3, 0.4) is 0 Å². The van der Waals surface area contributed by atoms with Gasteiger partial charge < -0.3 is 13.6 Å². The lowest BCUT2D eigenvalue weighted by atomic mass is 9.97. The van der Waals surface area contributed by atoms with Crippen LogP contribution < -0.4 is 0 Å². The van der Waals surface area contributed by atoms with Crippen molar-refractivity contribution in [1.82, 2.24) is 9.38 Å². The topological polar surface area (TPSA) is 48.1 Å². The predicted octanol–water partition coefficient (Wildman–Crippen LogP) is 10.7. The number of nitrogens with zero attached hydrogens (tertiary/aromatic N) is 3. The largest absolute Gasteiger partial charge is 0.416 e. The number of alkyl halides is 3. The molecule has 0 bridgehead atoms. The summed E-state index contributed by atoms with van der Waals surface area (Å²) in [7, 11) is -2.21. The van der Waals surface area contributed by atoms with Crippen molar-refractivity contribution in [1.29, 1.82) is 0 Å². The summed E-state index contributed by atoms with van der Waals surface area (Å²) in [5, 5.41) is -0.0393. The van der Waals surface area contributed by atoms with E-state index in [9.17, 15) is 13.2 Å². The Labute approximate surface area is 293 Å². The molecule has 50 heavy (non-hydrogen) atoms. The summed E-state index contributed by atoms with van der Waals surface area (Å²) in [4.78, 5) is 10.6. The number of hydrogen-bond donors (Lipinski definition) is 0. The lowest BCUT2D eigenvalue weighted by Crippen LogP contribution is -2.40. The fraction of sp³-hybridized carbons (Fsp3) is 0.317. The predicted molar refractivity (Wildman–Crippen MR) is 198 cm³/mol. The molecule has 0 saturated carbocycles. The molecule has 0 atom stereocenters. The van der Waals surface area contributed by atoms with Gasteiger partial charge in [-0.25, -0.2) is 9.98 Å². The highest BCUT2D eigenvalue weighted by Crippen LogP contribution is 2.39. The first-order chi connectivity index (χ1) is 23.7. The lowest BCUT2D eigenvalue weighted by Gasteiger charge is -2.36. The lowest BCUT2D eigenvalue weighted by molar-refractivity contribution is -0.138. The number of benzene rings is 3. The average Bonchev–Trinajstić information content (AvgIpc) is 3.44. The average molecular weight is 696 g/mol. The monoisotopic (exact) mass is 695 g/mol. The third-order valence-corrected chi connectivity index (χ3v) is 14.5. The smallest absolute Gasteiger partial charge is 0.411 e. The minimum absolute atomic E-state index is 0.0393. The van der Waals surface area contributed by atoms with Crippen LogP contribution in [-0.4, -0.2) is 36.6 Å². The molecule has 0 unspecified atom stereocenters. The van der Waals surface area contributed by atoms with Gasteiger partial charge in [0, 0.05) is 23.7 Å². The van der Waals surface area contributed by atoms with Crippen molar-refractivity contribution < 1.29 is 22.3 Å². The first-order valence-corrected chi connectivity index (χ1v) is 19.9. The Balaban J connectivity index is 1.61. The van der Waals surface area contributed by atoms with Gasteiger partial charge in [-0.15, -0.1) is 0 Å². The Morgan fingerprint density at radius 2 is 1.60 bits per heavy atom. The SMILES string of the molecule is Cc1c(Cc2c(CO[Si](C)(C)C(C)(C)C)nc3c(N=C(c4ccccc4)c4ccccc4)cc(C4=CCOCC4)cn23)cccc1C(F)(F)F. The molecule has 2 aromatic heterocycles. The zero-order valence-corrected chi connectivity index (χ0v) is 30.6. The number of imidazole rings is 1. The molecule has 0 N–H and O–H groups in total. The molecule has 5 aromatic rings. The molecule has 5 nitrogen and oxygen atoms in total. The minimum Gasteiger partial charge on any atom is -0.411 e. The molecule has 3 heterocycles. The maximum atomic E-state index is 14.1. The van der Waals surface area contributed by atoms with Gasteiger partial charge in [-0.3, -0.25) is 0 Å². The van der Waals surface area contributed by atoms with E-state index in [2.05, 4.69) is 52.2 Å². The summed E-state index contributed by atoms with van der Waals surface area (Å²) in [5.74, 6) is 0. The van der Waals surface area contributed by atoms with E-state index in [1.807, 2.05) is 65.1 Å². The molecule has 0 aliphatic carbocycles. The van der Waals surface area contributed by atoms with Gasteiger partial charge >= 0.3 is 6.18 Å². The quantitative estimate of drug-likeness (QED) is 0.114. The highest BCUT2D eigenvalue weighted by atomic mass is 28.4. The third-order valence-electron chi connectivity index (χ3n) is 10.0. The number of hydrogen-bond acceptors (Lipinski definition) is 4. The Kier molecular flexibility index (Phi) is 10.0. The van der Waals surface area contributed by atoms with Crippen LogP contribution in [0.25, 0.3) is 11.2 Å². The van der Waals surface area contributed by atoms with E-state index in [-0.39, 0.29) is 23.6 Å². The molecule has 6 rings (SSSR count). The van der Waals surface area contributed by atoms with Gasteiger partial charge in [0.05, 0.1) is 42.5 Å². The van der Waals surface area contributed by atoms with Crippen molar-refractivity contribution in [3.8, 4) is 0 Å². The molecule has 1 aliphatic rings. The minimum atomic E-state index is -4.45. The van der Waals surface area contributed by atoms with Crippen LogP contribution in [0.15, 0.2) is 102 Å². The highest BCUT2D eigenvalue weighted by Gasteiger charge is 2.38. The number of aromatic nitrogens is 2. The number of ether oxygens (including phenoxy) is 1. The van der Waals surface area contributed by atoms with Crippen LogP contribution in [0.5, 0.6) is 0 Å². The van der Waals surface area contributed by atoms with Gasteiger partial charge in [-0.05, 0) is 65.9 Å². The van der Waals surface area contributed by atoms with Gasteiger partial charge in [0.25, 0.3) is 0 Å². The zero-order chi connectivity index (χ0) is 35.7. The number of pyridine rings is 1. The second kappa shape index (κ2) is 14.1. The van der Waals surface area contributed by atoms with Crippen LogP contribution in [0.1, 0.15) is 72.0 Å². The standard InChI is InChI=1S/C41H44F3N3O2Si/c1-28-32(18-13-19-34(28)41(42,43)44)25-37-36(27-49-50(5,6)40(2,3)4)46-39-35(24-33(26-47(37)39)29-20-22-48-23-21-29)45-38(30-14-9-7-10-15-30)31-16-11-8-12-17-31/h7-20,24,26H,21-23,25,27H2,1-6H3. The van der Waals surface area contributed by atoms with Gasteiger partial charge in [0.15, 0.2) is 14.0 Å². The van der Waals surface area contributed by atoms with Gasteiger partial charge in [0.1, 0.15) is 5.69 Å². The van der Waals surface area contributed by atoms with Gasteiger partial charge in [0.2, 0.25) is 0 Å². The molecule has 3 aromatic carbocycles. The molecule has 0 amide bonds. The summed E-state index contributed by atoms with van der Waals surface area (Å²) in [6, 6.07) is 26.6. The van der Waals surface area contributed by atoms with E-state index in [1.54, 1.807) is 13.0 Å². The van der Waals surface area contributed by atoms with Crippen molar-refractivity contribution >= 4 is 30.9 Å². The third kappa shape index (κ3) is 7.55. The van der Waals surface area contributed by atoms with Gasteiger partial charge in [-0.1, -0.05) is 99.6 Å². The Bertz CT molecular complexity index is 2000. The fourth-order valence-corrected chi connectivity index (χ4v) is 6.94. The van der Waals surface area contributed by atoms with Crippen LogP contribution in [0.4, 0.5) is 18.9 Å². The van der Waals surface area contributed by atoms with Crippen molar-refractivity contribution in [3.63, 3.8) is 0 Å². The van der Waals surface area contributed by atoms with E-state index in [0.717, 1.165) is 46.2 Å². The Hall–Kier alpha value is -4.31. The van der Waals surface area contributed by atoms with E-state index in [1.165, 1.54) is 6.07 Å². The number of fused-ring (bicyclic) bond motifs is 1. The second-order valence-corrected chi connectivity index (χ2v) is 19.2. The summed E-state index contributed by atoms with van der Waals surface area (Å²) in [5.41, 5.74) is 7.75. The maximum Gasteiger partial charge on any atom is 0.416 e. The summed E-state index contributed by atoms with van der Waals surface area (Å²) < 4.78 is 56.6. The first-order valence-electron chi connectivity index (χ1n) is 17.0. The van der Waals surface area contributed by atoms with Crippen LogP contribution in [0, 0.1) is 6.92 Å². The van der Waals surface area contributed by atoms with Crippen molar-refractivity contribution in [2.75, 3.05) is 13.2 Å². The van der Waals surface area contributed by atoms with Crippen molar-refractivity contribution in [2.24, 2.45) is 4.99 Å². The van der Waals surface area contributed by atoms with Crippen LogP contribution >= 0.6 is 0 Å². The Morgan fingerprint density at radius 1 is 0.940 bits per heavy atom. The van der Waals surface area contributed by atoms with E-state index >= 15 is 0 Å². The van der Waals surface area contributed by atoms with E-state index < -0.39 is 20.1 Å². The molecule has 1 aliphatic heterocycles. The van der Waals surface area contributed by atoms with E-state index in [4.69, 9.17) is 19.1 Å². The van der Waals surface area contributed by atoms with E-state index in [0.29, 0.717) is 35.8 Å². The molecule has 0 radical (unpaired) electrons. The molecular weight excluding hydrogens is 652 g/mol. The zero-order valence-electron chi connectivity index (χ0n) is 29.6. The number of rotatable bonds is 9. The van der Waals surface area contributed by atoms with Crippen LogP contribution in [-0.2, 0) is 28.4 Å². The molecular formula is C41H44F3N3O2Si. The highest BCUT2D eigenvalue weighted by molar-refractivity contribution is 6.74. The molecule has 9 heteroatoms. The number of aliphatic imine (C=N–C) groups is 1. The Morgan fingerprint density at radius 3 is 2.18 bits per heavy atom. The molecule has 0 fully saturated rings. The summed E-state index contributed by atoms with van der Waals surface area (Å²) >= 11 is 0. The summed E-state index contributed by atoms with van der Waals surface area (Å²) in [6.07, 6.45) is 0.659. The van der Waals surface area contributed by atoms with Gasteiger partial charge in [-0.2, -0.15) is 13.2 Å². The van der Waals surface area contributed by atoms with Crippen LogP contribution in [0.2, 0.25) is 18.1 Å². The summed E-state index contributed by atoms with van der Waals surface area (Å²) in [6.45, 7) is 13.8.